The van der Waals surface area contributed by atoms with Crippen LogP contribution in [-0.2, 0) is 18.8 Å². The molecule has 0 N–H and O–H groups in total. The van der Waals surface area contributed by atoms with E-state index in [1.807, 2.05) is 6.08 Å². The summed E-state index contributed by atoms with van der Waals surface area (Å²) in [6, 6.07) is 0. The minimum atomic E-state index is -3.26. The molecule has 0 aliphatic carbocycles. The summed E-state index contributed by atoms with van der Waals surface area (Å²) >= 11 is 0. The molecule has 0 unspecified atom stereocenters. The number of unbranched alkanes of at least 4 members (excludes halogenated alkanes) is 3. The first kappa shape index (κ1) is 16.9. The minimum absolute atomic E-state index is 0.0890. The minimum Gasteiger partial charge on any atom is -0.237 e. The van der Waals surface area contributed by atoms with Crippen LogP contribution in [0.4, 0.5) is 0 Å². The van der Waals surface area contributed by atoms with E-state index >= 15 is 0 Å². The number of allylic oxidation sites excluding steroid dienone is 1. The summed E-state index contributed by atoms with van der Waals surface area (Å²) in [7, 11) is 1.73. The third-order valence-electron chi connectivity index (χ3n) is 2.09. The van der Waals surface area contributed by atoms with Crippen LogP contribution in [0.15, 0.2) is 12.7 Å². The van der Waals surface area contributed by atoms with Crippen molar-refractivity contribution in [1.82, 2.24) is 0 Å². The second-order valence-electron chi connectivity index (χ2n) is 3.73. The Morgan fingerprint density at radius 1 is 1.12 bits per heavy atom. The zero-order valence-electron chi connectivity index (χ0n) is 10.1. The molecule has 0 saturated carbocycles. The molecule has 17 heavy (non-hydrogen) atoms. The van der Waals surface area contributed by atoms with Gasteiger partial charge in [0.25, 0.3) is 0 Å². The lowest BCUT2D eigenvalue weighted by atomic mass is 10.2. The number of rotatable bonds is 6. The van der Waals surface area contributed by atoms with E-state index < -0.39 is 9.05 Å². The van der Waals surface area contributed by atoms with Crippen molar-refractivity contribution >= 4 is 19.7 Å². The van der Waals surface area contributed by atoms with Crippen molar-refractivity contribution in [2.24, 2.45) is 0 Å². The van der Waals surface area contributed by atoms with Crippen LogP contribution in [0.5, 0.6) is 0 Å². The van der Waals surface area contributed by atoms with Crippen molar-refractivity contribution < 1.29 is 18.2 Å². The van der Waals surface area contributed by atoms with Crippen LogP contribution < -0.4 is 0 Å². The van der Waals surface area contributed by atoms with Gasteiger partial charge in [0.1, 0.15) is 0 Å². The molecular formula is C11H21ClO4S. The Kier molecular flexibility index (Phi) is 11.0. The molecule has 0 radical (unpaired) electrons. The predicted octanol–water partition coefficient (Wildman–Crippen LogP) is 3.03. The van der Waals surface area contributed by atoms with E-state index in [4.69, 9.17) is 10.7 Å². The van der Waals surface area contributed by atoms with Crippen LogP contribution in [0.25, 0.3) is 0 Å². The van der Waals surface area contributed by atoms with Gasteiger partial charge in [0.2, 0.25) is 9.05 Å². The Morgan fingerprint density at radius 3 is 2.06 bits per heavy atom. The highest BCUT2D eigenvalue weighted by molar-refractivity contribution is 8.13. The molecule has 1 aliphatic rings. The van der Waals surface area contributed by atoms with Crippen molar-refractivity contribution in [3.05, 3.63) is 12.7 Å². The second kappa shape index (κ2) is 11.0. The summed E-state index contributed by atoms with van der Waals surface area (Å²) in [6.45, 7) is 5.12. The smallest absolute Gasteiger partial charge is 0.232 e. The Morgan fingerprint density at radius 2 is 1.71 bits per heavy atom. The van der Waals surface area contributed by atoms with Gasteiger partial charge < -0.3 is 0 Å². The zero-order valence-corrected chi connectivity index (χ0v) is 11.6. The first-order valence-corrected chi connectivity index (χ1v) is 8.32. The summed E-state index contributed by atoms with van der Waals surface area (Å²) in [4.78, 5) is 9.14. The summed E-state index contributed by atoms with van der Waals surface area (Å²) < 4.78 is 20.8. The molecule has 0 bridgehead atoms. The highest BCUT2D eigenvalue weighted by atomic mass is 35.7. The monoisotopic (exact) mass is 284 g/mol. The van der Waals surface area contributed by atoms with Gasteiger partial charge in [-0.3, -0.25) is 0 Å². The molecule has 0 amide bonds. The van der Waals surface area contributed by atoms with Crippen LogP contribution in [0.3, 0.4) is 0 Å². The van der Waals surface area contributed by atoms with Crippen LogP contribution in [0.2, 0.25) is 0 Å². The molecule has 1 rings (SSSR count). The summed E-state index contributed by atoms with van der Waals surface area (Å²) in [6.07, 6.45) is 7.63. The maximum Gasteiger partial charge on any atom is 0.232 e. The highest BCUT2D eigenvalue weighted by Gasteiger charge is 2.02. The average Bonchev–Trinajstić information content (AvgIpc) is 2.30. The standard InChI is InChI=1S/C7H13ClO2S.C4H8O2/c1-2-3-4-5-6-7-11(8,9)10;1-2-4-6-5-3-1/h2H,1,3-7H2;1-4H2. The maximum atomic E-state index is 10.4. The maximum absolute atomic E-state index is 10.4. The van der Waals surface area contributed by atoms with Crippen molar-refractivity contribution in [3.63, 3.8) is 0 Å². The van der Waals surface area contributed by atoms with Gasteiger partial charge in [-0.25, -0.2) is 18.2 Å². The summed E-state index contributed by atoms with van der Waals surface area (Å²) in [5, 5.41) is 0. The van der Waals surface area contributed by atoms with Crippen molar-refractivity contribution in [3.8, 4) is 0 Å². The molecule has 102 valence electrons. The van der Waals surface area contributed by atoms with E-state index in [-0.39, 0.29) is 5.75 Å². The number of hydrogen-bond donors (Lipinski definition) is 0. The number of hydrogen-bond acceptors (Lipinski definition) is 4. The average molecular weight is 285 g/mol. The summed E-state index contributed by atoms with van der Waals surface area (Å²) in [5.74, 6) is 0.0890. The fourth-order valence-corrected chi connectivity index (χ4v) is 2.06. The largest absolute Gasteiger partial charge is 0.237 e. The summed E-state index contributed by atoms with van der Waals surface area (Å²) in [5.41, 5.74) is 0. The van der Waals surface area contributed by atoms with Gasteiger partial charge in [-0.2, -0.15) is 0 Å². The van der Waals surface area contributed by atoms with Gasteiger partial charge in [0.15, 0.2) is 0 Å². The highest BCUT2D eigenvalue weighted by Crippen LogP contribution is 2.05. The number of halogens is 1. The van der Waals surface area contributed by atoms with Crippen LogP contribution in [0, 0.1) is 0 Å². The topological polar surface area (TPSA) is 52.6 Å². The molecule has 1 aliphatic heterocycles. The van der Waals surface area contributed by atoms with Crippen LogP contribution in [0.1, 0.15) is 38.5 Å². The first-order chi connectivity index (χ1) is 8.06. The van der Waals surface area contributed by atoms with Crippen LogP contribution >= 0.6 is 10.7 Å². The van der Waals surface area contributed by atoms with Crippen molar-refractivity contribution in [1.29, 1.82) is 0 Å². The Bertz CT molecular complexity index is 262. The quantitative estimate of drug-likeness (QED) is 0.326. The fourth-order valence-electron chi connectivity index (χ4n) is 1.18. The van der Waals surface area contributed by atoms with E-state index in [9.17, 15) is 8.42 Å². The van der Waals surface area contributed by atoms with E-state index in [1.165, 1.54) is 0 Å². The molecule has 1 saturated heterocycles. The van der Waals surface area contributed by atoms with Gasteiger partial charge in [-0.1, -0.05) is 12.5 Å². The van der Waals surface area contributed by atoms with E-state index in [2.05, 4.69) is 16.4 Å². The molecular weight excluding hydrogens is 264 g/mol. The van der Waals surface area contributed by atoms with E-state index in [0.29, 0.717) is 6.42 Å². The van der Waals surface area contributed by atoms with Crippen molar-refractivity contribution in [2.45, 2.75) is 38.5 Å². The molecule has 4 nitrogen and oxygen atoms in total. The van der Waals surface area contributed by atoms with Gasteiger partial charge in [-0.05, 0) is 32.1 Å². The van der Waals surface area contributed by atoms with E-state index in [1.54, 1.807) is 0 Å². The normalized spacial score (nSPS) is 15.8. The molecule has 1 fully saturated rings. The van der Waals surface area contributed by atoms with Gasteiger partial charge >= 0.3 is 0 Å². The third kappa shape index (κ3) is 15.9. The molecule has 0 aromatic heterocycles. The molecule has 0 spiro atoms. The first-order valence-electron chi connectivity index (χ1n) is 5.84. The zero-order chi connectivity index (χ0) is 13.0. The Hall–Kier alpha value is -0.100. The molecule has 1 heterocycles. The van der Waals surface area contributed by atoms with Gasteiger partial charge in [0.05, 0.1) is 19.0 Å². The lowest BCUT2D eigenvalue weighted by Crippen LogP contribution is -2.05. The molecule has 0 atom stereocenters. The third-order valence-corrected chi connectivity index (χ3v) is 3.32. The lowest BCUT2D eigenvalue weighted by Gasteiger charge is -2.07. The SMILES string of the molecule is C1CCOOC1.C=CCCCCCS(=O)(=O)Cl. The Balaban J connectivity index is 0.000000354. The Labute approximate surface area is 108 Å². The second-order valence-corrected chi connectivity index (χ2v) is 6.63. The van der Waals surface area contributed by atoms with Gasteiger partial charge in [-0.15, -0.1) is 6.58 Å². The molecule has 0 aromatic rings. The van der Waals surface area contributed by atoms with Gasteiger partial charge in [0, 0.05) is 10.7 Å². The lowest BCUT2D eigenvalue weighted by molar-refractivity contribution is -0.312. The van der Waals surface area contributed by atoms with E-state index in [0.717, 1.165) is 45.3 Å². The molecule has 6 heteroatoms. The predicted molar refractivity (Wildman–Crippen MR) is 69.4 cm³/mol. The fraction of sp³-hybridized carbons (Fsp3) is 0.818. The molecule has 0 aromatic carbocycles. The van der Waals surface area contributed by atoms with Crippen molar-refractivity contribution in [2.75, 3.05) is 19.0 Å². The van der Waals surface area contributed by atoms with Crippen LogP contribution in [-0.4, -0.2) is 27.4 Å².